The smallest absolute Gasteiger partial charge is 0.351 e. The maximum Gasteiger partial charge on any atom is 0.446 e. The molecule has 0 aliphatic rings. The van der Waals surface area contributed by atoms with Crippen LogP contribution in [0, 0.1) is 0 Å². The maximum absolute atomic E-state index is 12.6. The zero-order chi connectivity index (χ0) is 18.3. The van der Waals surface area contributed by atoms with Crippen LogP contribution in [0.4, 0.5) is 13.2 Å². The van der Waals surface area contributed by atoms with Crippen molar-refractivity contribution in [2.24, 2.45) is 0 Å². The third-order valence-corrected chi connectivity index (χ3v) is 4.24. The van der Waals surface area contributed by atoms with E-state index in [1.807, 2.05) is 42.3 Å². The highest BCUT2D eigenvalue weighted by molar-refractivity contribution is 8.00. The highest BCUT2D eigenvalue weighted by Crippen LogP contribution is 2.38. The summed E-state index contributed by atoms with van der Waals surface area (Å²) >= 11 is -0.274. The molecule has 1 N–H and O–H groups in total. The molecule has 2 rings (SSSR count). The third-order valence-electron chi connectivity index (χ3n) is 3.43. The summed E-state index contributed by atoms with van der Waals surface area (Å²) in [5.41, 5.74) is -3.23. The molecule has 0 atom stereocenters. The molecular formula is C18H19F3N2OS. The number of benzene rings is 2. The second kappa shape index (κ2) is 8.92. The van der Waals surface area contributed by atoms with Gasteiger partial charge in [-0.05, 0) is 36.5 Å². The van der Waals surface area contributed by atoms with E-state index >= 15 is 0 Å². The quantitative estimate of drug-likeness (QED) is 0.745. The standard InChI is InChI=1S/C18H19F3N2OS/c1-23(13-14-7-3-2-4-8-14)12-11-22-17(24)15-9-5-6-10-16(15)25-18(19,20)21/h2-10H,11-13H2,1H3,(H,22,24). The van der Waals surface area contributed by atoms with Crippen LogP contribution in [0.2, 0.25) is 0 Å². The minimum atomic E-state index is -4.42. The van der Waals surface area contributed by atoms with Gasteiger partial charge in [-0.25, -0.2) is 0 Å². The van der Waals surface area contributed by atoms with Gasteiger partial charge in [-0.3, -0.25) is 4.79 Å². The molecule has 2 aromatic carbocycles. The second-order valence-electron chi connectivity index (χ2n) is 5.52. The molecule has 0 aliphatic heterocycles. The summed E-state index contributed by atoms with van der Waals surface area (Å²) < 4.78 is 37.7. The van der Waals surface area contributed by atoms with Crippen molar-refractivity contribution < 1.29 is 18.0 Å². The Morgan fingerprint density at radius 2 is 1.72 bits per heavy atom. The van der Waals surface area contributed by atoms with Gasteiger partial charge in [0, 0.05) is 24.5 Å². The van der Waals surface area contributed by atoms with Crippen LogP contribution >= 0.6 is 11.8 Å². The van der Waals surface area contributed by atoms with Crippen LogP contribution in [0.1, 0.15) is 15.9 Å². The normalized spacial score (nSPS) is 11.6. The van der Waals surface area contributed by atoms with Crippen LogP contribution in [-0.4, -0.2) is 36.5 Å². The lowest BCUT2D eigenvalue weighted by atomic mass is 10.2. The van der Waals surface area contributed by atoms with Gasteiger partial charge < -0.3 is 10.2 Å². The molecular weight excluding hydrogens is 349 g/mol. The lowest BCUT2D eigenvalue weighted by Crippen LogP contribution is -2.33. The molecule has 0 heterocycles. The van der Waals surface area contributed by atoms with Gasteiger partial charge in [0.25, 0.3) is 5.91 Å². The van der Waals surface area contributed by atoms with E-state index in [0.29, 0.717) is 13.1 Å². The second-order valence-corrected chi connectivity index (χ2v) is 6.63. The zero-order valence-corrected chi connectivity index (χ0v) is 14.5. The van der Waals surface area contributed by atoms with Gasteiger partial charge in [-0.15, -0.1) is 0 Å². The number of thioether (sulfide) groups is 1. The Balaban J connectivity index is 1.86. The van der Waals surface area contributed by atoms with Crippen molar-refractivity contribution in [2.45, 2.75) is 16.9 Å². The molecule has 25 heavy (non-hydrogen) atoms. The number of likely N-dealkylation sites (N-methyl/N-ethyl adjacent to an activating group) is 1. The average Bonchev–Trinajstić information content (AvgIpc) is 2.54. The minimum Gasteiger partial charge on any atom is -0.351 e. The predicted octanol–water partition coefficient (Wildman–Crippen LogP) is 4.16. The van der Waals surface area contributed by atoms with Crippen molar-refractivity contribution in [1.29, 1.82) is 0 Å². The van der Waals surface area contributed by atoms with E-state index in [1.54, 1.807) is 6.07 Å². The highest BCUT2D eigenvalue weighted by atomic mass is 32.2. The largest absolute Gasteiger partial charge is 0.446 e. The highest BCUT2D eigenvalue weighted by Gasteiger charge is 2.31. The van der Waals surface area contributed by atoms with E-state index in [-0.39, 0.29) is 22.2 Å². The Kier molecular flexibility index (Phi) is 6.90. The lowest BCUT2D eigenvalue weighted by molar-refractivity contribution is -0.0328. The van der Waals surface area contributed by atoms with Crippen molar-refractivity contribution in [2.75, 3.05) is 20.1 Å². The van der Waals surface area contributed by atoms with E-state index in [1.165, 1.54) is 18.2 Å². The minimum absolute atomic E-state index is 0.0375. The van der Waals surface area contributed by atoms with Crippen LogP contribution in [0.25, 0.3) is 0 Å². The Bertz CT molecular complexity index is 692. The van der Waals surface area contributed by atoms with Crippen LogP contribution in [0.15, 0.2) is 59.5 Å². The van der Waals surface area contributed by atoms with Gasteiger partial charge >= 0.3 is 5.51 Å². The van der Waals surface area contributed by atoms with Crippen LogP contribution in [0.3, 0.4) is 0 Å². The number of nitrogens with one attached hydrogen (secondary N) is 1. The first-order valence-corrected chi connectivity index (χ1v) is 8.52. The molecule has 0 bridgehead atoms. The number of hydrogen-bond acceptors (Lipinski definition) is 3. The number of halogens is 3. The van der Waals surface area contributed by atoms with Gasteiger partial charge in [0.05, 0.1) is 5.56 Å². The van der Waals surface area contributed by atoms with Gasteiger partial charge in [-0.2, -0.15) is 13.2 Å². The molecule has 2 aromatic rings. The monoisotopic (exact) mass is 368 g/mol. The molecule has 7 heteroatoms. The fourth-order valence-electron chi connectivity index (χ4n) is 2.30. The first-order chi connectivity index (χ1) is 11.8. The summed E-state index contributed by atoms with van der Waals surface area (Å²) in [6.07, 6.45) is 0. The average molecular weight is 368 g/mol. The van der Waals surface area contributed by atoms with Crippen molar-refractivity contribution in [3.05, 3.63) is 65.7 Å². The van der Waals surface area contributed by atoms with E-state index < -0.39 is 11.4 Å². The zero-order valence-electron chi connectivity index (χ0n) is 13.7. The van der Waals surface area contributed by atoms with E-state index in [9.17, 15) is 18.0 Å². The molecule has 0 spiro atoms. The molecule has 1 amide bonds. The first kappa shape index (κ1) is 19.3. The van der Waals surface area contributed by atoms with E-state index in [2.05, 4.69) is 5.32 Å². The number of carbonyl (C=O) groups is 1. The van der Waals surface area contributed by atoms with E-state index in [0.717, 1.165) is 12.1 Å². The van der Waals surface area contributed by atoms with Gasteiger partial charge in [0.2, 0.25) is 0 Å². The summed E-state index contributed by atoms with van der Waals surface area (Å²) in [4.78, 5) is 14.1. The van der Waals surface area contributed by atoms with Crippen molar-refractivity contribution in [3.63, 3.8) is 0 Å². The SMILES string of the molecule is CN(CCNC(=O)c1ccccc1SC(F)(F)F)Cc1ccccc1. The fourth-order valence-corrected chi connectivity index (χ4v) is 2.96. The Morgan fingerprint density at radius 3 is 2.40 bits per heavy atom. The molecule has 134 valence electrons. The predicted molar refractivity (Wildman–Crippen MR) is 93.5 cm³/mol. The van der Waals surface area contributed by atoms with Gasteiger partial charge in [-0.1, -0.05) is 42.5 Å². The lowest BCUT2D eigenvalue weighted by Gasteiger charge is -2.17. The van der Waals surface area contributed by atoms with Crippen LogP contribution < -0.4 is 5.32 Å². The topological polar surface area (TPSA) is 32.3 Å². The molecule has 0 saturated heterocycles. The van der Waals surface area contributed by atoms with Crippen molar-refractivity contribution in [1.82, 2.24) is 10.2 Å². The summed E-state index contributed by atoms with van der Waals surface area (Å²) in [7, 11) is 1.92. The summed E-state index contributed by atoms with van der Waals surface area (Å²) in [6, 6.07) is 15.6. The maximum atomic E-state index is 12.6. The Morgan fingerprint density at radius 1 is 1.08 bits per heavy atom. The van der Waals surface area contributed by atoms with Crippen molar-refractivity contribution >= 4 is 17.7 Å². The van der Waals surface area contributed by atoms with Gasteiger partial charge in [0.15, 0.2) is 0 Å². The van der Waals surface area contributed by atoms with Crippen LogP contribution in [0.5, 0.6) is 0 Å². The Labute approximate surface area is 149 Å². The molecule has 3 nitrogen and oxygen atoms in total. The number of hydrogen-bond donors (Lipinski definition) is 1. The number of amides is 1. The Hall–Kier alpha value is -1.99. The molecule has 0 aromatic heterocycles. The molecule has 0 fully saturated rings. The molecule has 0 unspecified atom stereocenters. The number of alkyl halides is 3. The van der Waals surface area contributed by atoms with Crippen molar-refractivity contribution in [3.8, 4) is 0 Å². The first-order valence-electron chi connectivity index (χ1n) is 7.70. The molecule has 0 aliphatic carbocycles. The number of rotatable bonds is 7. The molecule has 0 saturated carbocycles. The van der Waals surface area contributed by atoms with Crippen LogP contribution in [-0.2, 0) is 6.54 Å². The number of carbonyl (C=O) groups excluding carboxylic acids is 1. The third kappa shape index (κ3) is 6.80. The molecule has 0 radical (unpaired) electrons. The van der Waals surface area contributed by atoms with Gasteiger partial charge in [0.1, 0.15) is 0 Å². The number of nitrogens with zero attached hydrogens (tertiary/aromatic N) is 1. The summed E-state index contributed by atoms with van der Waals surface area (Å²) in [5, 5.41) is 2.68. The fraction of sp³-hybridized carbons (Fsp3) is 0.278. The summed E-state index contributed by atoms with van der Waals surface area (Å²) in [5.74, 6) is -0.500. The summed E-state index contributed by atoms with van der Waals surface area (Å²) in [6.45, 7) is 1.68. The van der Waals surface area contributed by atoms with E-state index in [4.69, 9.17) is 0 Å².